The van der Waals surface area contributed by atoms with E-state index < -0.39 is 0 Å². The number of fused-ring (bicyclic) bond motifs is 1. The fourth-order valence-corrected chi connectivity index (χ4v) is 4.97. The van der Waals surface area contributed by atoms with Crippen LogP contribution in [0.4, 0.5) is 10.1 Å². The molecule has 0 radical (unpaired) electrons. The van der Waals surface area contributed by atoms with Crippen LogP contribution in [0.3, 0.4) is 0 Å². The number of hydrogen-bond acceptors (Lipinski definition) is 3. The van der Waals surface area contributed by atoms with E-state index >= 15 is 0 Å². The van der Waals surface area contributed by atoms with Gasteiger partial charge in [0.05, 0.1) is 13.5 Å². The van der Waals surface area contributed by atoms with Crippen molar-refractivity contribution >= 4 is 11.6 Å². The van der Waals surface area contributed by atoms with Gasteiger partial charge in [-0.05, 0) is 54.8 Å². The summed E-state index contributed by atoms with van der Waals surface area (Å²) in [5, 5.41) is 0. The van der Waals surface area contributed by atoms with E-state index in [0.29, 0.717) is 31.6 Å². The molecule has 0 N–H and O–H groups in total. The number of ether oxygens (including phenoxy) is 1. The number of rotatable bonds is 5. The van der Waals surface area contributed by atoms with Crippen LogP contribution in [0.15, 0.2) is 72.8 Å². The van der Waals surface area contributed by atoms with Crippen LogP contribution in [-0.2, 0) is 24.3 Å². The first-order valence-electron chi connectivity index (χ1n) is 13.1. The van der Waals surface area contributed by atoms with Crippen molar-refractivity contribution in [2.24, 2.45) is 0 Å². The van der Waals surface area contributed by atoms with Crippen molar-refractivity contribution in [3.05, 3.63) is 95.3 Å². The second-order valence-corrected chi connectivity index (χ2v) is 9.63. The van der Waals surface area contributed by atoms with Gasteiger partial charge in [0, 0.05) is 30.9 Å². The topological polar surface area (TPSA) is 32.8 Å². The Morgan fingerprint density at radius 1 is 0.861 bits per heavy atom. The van der Waals surface area contributed by atoms with Gasteiger partial charge in [0.1, 0.15) is 11.6 Å². The minimum Gasteiger partial charge on any atom is -0.497 e. The fraction of sp³-hybridized carbons (Fsp3) is 0.387. The number of carbonyl (C=O) groups is 1. The molecule has 0 spiro atoms. The first kappa shape index (κ1) is 25.9. The van der Waals surface area contributed by atoms with E-state index in [1.807, 2.05) is 53.4 Å². The van der Waals surface area contributed by atoms with E-state index in [4.69, 9.17) is 4.74 Å². The molecule has 1 heterocycles. The zero-order chi connectivity index (χ0) is 25.2. The third kappa shape index (κ3) is 7.17. The summed E-state index contributed by atoms with van der Waals surface area (Å²) in [7, 11) is 1.64. The van der Waals surface area contributed by atoms with Gasteiger partial charge < -0.3 is 9.64 Å². The molecule has 0 saturated carbocycles. The van der Waals surface area contributed by atoms with E-state index in [-0.39, 0.29) is 11.7 Å². The summed E-state index contributed by atoms with van der Waals surface area (Å²) in [4.78, 5) is 17.9. The average molecular weight is 489 g/mol. The van der Waals surface area contributed by atoms with Crippen molar-refractivity contribution in [2.45, 2.75) is 58.0 Å². The molecule has 0 atom stereocenters. The summed E-state index contributed by atoms with van der Waals surface area (Å²) >= 11 is 0. The molecule has 0 unspecified atom stereocenters. The van der Waals surface area contributed by atoms with Crippen molar-refractivity contribution in [1.82, 2.24) is 4.90 Å². The van der Waals surface area contributed by atoms with Gasteiger partial charge in [0.2, 0.25) is 5.91 Å². The molecule has 3 aromatic rings. The van der Waals surface area contributed by atoms with Crippen LogP contribution in [0, 0.1) is 5.82 Å². The summed E-state index contributed by atoms with van der Waals surface area (Å²) in [6, 6.07) is 23.0. The molecule has 0 bridgehead atoms. The average Bonchev–Trinajstić information content (AvgIpc) is 2.91. The zero-order valence-electron chi connectivity index (χ0n) is 21.3. The van der Waals surface area contributed by atoms with Crippen LogP contribution >= 0.6 is 0 Å². The highest BCUT2D eigenvalue weighted by Crippen LogP contribution is 2.26. The van der Waals surface area contributed by atoms with Crippen LogP contribution in [0.25, 0.3) is 0 Å². The molecule has 190 valence electrons. The SMILES string of the molecule is COc1cccc(CC(=O)N2CCCCCCCCN(Cc3ccccc3F)Cc3ccccc32)c1. The Morgan fingerprint density at radius 2 is 1.58 bits per heavy atom. The largest absolute Gasteiger partial charge is 0.497 e. The van der Waals surface area contributed by atoms with Gasteiger partial charge in [-0.1, -0.05) is 74.2 Å². The van der Waals surface area contributed by atoms with Crippen molar-refractivity contribution < 1.29 is 13.9 Å². The molecule has 36 heavy (non-hydrogen) atoms. The first-order valence-corrected chi connectivity index (χ1v) is 13.1. The normalized spacial score (nSPS) is 15.8. The molecule has 1 aliphatic rings. The van der Waals surface area contributed by atoms with Crippen LogP contribution in [-0.4, -0.2) is 31.0 Å². The maximum atomic E-state index is 14.5. The first-order chi connectivity index (χ1) is 17.6. The van der Waals surface area contributed by atoms with Crippen LogP contribution in [0.2, 0.25) is 0 Å². The summed E-state index contributed by atoms with van der Waals surface area (Å²) < 4.78 is 19.8. The number of carbonyl (C=O) groups excluding carboxylic acids is 1. The molecule has 3 aromatic carbocycles. The molecule has 4 nitrogen and oxygen atoms in total. The Labute approximate surface area is 214 Å². The van der Waals surface area contributed by atoms with Crippen LogP contribution in [0.5, 0.6) is 5.75 Å². The lowest BCUT2D eigenvalue weighted by Crippen LogP contribution is -2.35. The van der Waals surface area contributed by atoms with E-state index in [9.17, 15) is 9.18 Å². The lowest BCUT2D eigenvalue weighted by Gasteiger charge is -2.28. The number of para-hydroxylation sites is 1. The van der Waals surface area contributed by atoms with Crippen molar-refractivity contribution in [1.29, 1.82) is 0 Å². The smallest absolute Gasteiger partial charge is 0.231 e. The van der Waals surface area contributed by atoms with Crippen LogP contribution < -0.4 is 9.64 Å². The summed E-state index contributed by atoms with van der Waals surface area (Å²) in [5.74, 6) is 0.685. The number of amides is 1. The molecular weight excluding hydrogens is 451 g/mol. The van der Waals surface area contributed by atoms with E-state index in [2.05, 4.69) is 17.0 Å². The van der Waals surface area contributed by atoms with Crippen molar-refractivity contribution in [2.75, 3.05) is 25.1 Å². The number of methoxy groups -OCH3 is 1. The predicted molar refractivity (Wildman–Crippen MR) is 144 cm³/mol. The Balaban J connectivity index is 1.61. The highest BCUT2D eigenvalue weighted by atomic mass is 19.1. The van der Waals surface area contributed by atoms with Gasteiger partial charge in [-0.2, -0.15) is 0 Å². The molecule has 0 aromatic heterocycles. The number of anilines is 1. The molecule has 0 saturated heterocycles. The standard InChI is InChI=1S/C31H37FN2O2/c1-36-28-16-12-13-25(21-28)22-31(35)34-20-11-5-3-2-4-10-19-33(23-26-14-6-8-17-29(26)32)24-27-15-7-9-18-30(27)34/h6-9,12-18,21H,2-5,10-11,19-20,22-24H2,1H3. The monoisotopic (exact) mass is 488 g/mol. The molecule has 4 rings (SSSR count). The summed E-state index contributed by atoms with van der Waals surface area (Å²) in [6.45, 7) is 2.83. The van der Waals surface area contributed by atoms with Gasteiger partial charge in [-0.3, -0.25) is 9.69 Å². The van der Waals surface area contributed by atoms with Gasteiger partial charge >= 0.3 is 0 Å². The Hall–Kier alpha value is -3.18. The maximum Gasteiger partial charge on any atom is 0.231 e. The van der Waals surface area contributed by atoms with E-state index in [1.165, 1.54) is 25.3 Å². The summed E-state index contributed by atoms with van der Waals surface area (Å²) in [6.07, 6.45) is 7.06. The number of halogens is 1. The molecular formula is C31H37FN2O2. The molecule has 1 amide bonds. The van der Waals surface area contributed by atoms with Gasteiger partial charge in [-0.25, -0.2) is 4.39 Å². The molecule has 1 aliphatic heterocycles. The number of hydrogen-bond donors (Lipinski definition) is 0. The molecule has 0 aliphatic carbocycles. The predicted octanol–water partition coefficient (Wildman–Crippen LogP) is 6.77. The Bertz CT molecular complexity index is 1130. The van der Waals surface area contributed by atoms with Crippen LogP contribution in [0.1, 0.15) is 55.2 Å². The fourth-order valence-electron chi connectivity index (χ4n) is 4.97. The van der Waals surface area contributed by atoms with E-state index in [0.717, 1.165) is 48.4 Å². The number of nitrogens with zero attached hydrogens (tertiary/aromatic N) is 2. The summed E-state index contributed by atoms with van der Waals surface area (Å²) in [5.41, 5.74) is 3.72. The third-order valence-electron chi connectivity index (χ3n) is 6.92. The zero-order valence-corrected chi connectivity index (χ0v) is 21.3. The van der Waals surface area contributed by atoms with Crippen molar-refractivity contribution in [3.8, 4) is 5.75 Å². The highest BCUT2D eigenvalue weighted by Gasteiger charge is 2.21. The quantitative estimate of drug-likeness (QED) is 0.397. The lowest BCUT2D eigenvalue weighted by atomic mass is 10.1. The molecule has 0 fully saturated rings. The lowest BCUT2D eigenvalue weighted by molar-refractivity contribution is -0.118. The maximum absolute atomic E-state index is 14.5. The minimum atomic E-state index is -0.163. The second-order valence-electron chi connectivity index (χ2n) is 9.63. The third-order valence-corrected chi connectivity index (χ3v) is 6.92. The van der Waals surface area contributed by atoms with E-state index in [1.54, 1.807) is 13.2 Å². The van der Waals surface area contributed by atoms with Gasteiger partial charge in [0.25, 0.3) is 0 Å². The Kier molecular flexibility index (Phi) is 9.51. The highest BCUT2D eigenvalue weighted by molar-refractivity contribution is 5.95. The second kappa shape index (κ2) is 13.2. The van der Waals surface area contributed by atoms with Crippen molar-refractivity contribution in [3.63, 3.8) is 0 Å². The number of benzene rings is 3. The minimum absolute atomic E-state index is 0.0891. The molecule has 5 heteroatoms. The van der Waals surface area contributed by atoms with Gasteiger partial charge in [0.15, 0.2) is 0 Å². The van der Waals surface area contributed by atoms with Gasteiger partial charge in [-0.15, -0.1) is 0 Å². The Morgan fingerprint density at radius 3 is 2.39 bits per heavy atom.